The second-order valence-electron chi connectivity index (χ2n) is 22.6. The van der Waals surface area contributed by atoms with Crippen molar-refractivity contribution < 1.29 is 56.8 Å². The van der Waals surface area contributed by atoms with Gasteiger partial charge in [0.05, 0.1) is 52.9 Å². The first kappa shape index (κ1) is 55.4. The van der Waals surface area contributed by atoms with Gasteiger partial charge in [-0.1, -0.05) is 121 Å². The fraction of sp³-hybridized carbons (Fsp3) is 0.324. The van der Waals surface area contributed by atoms with Crippen LogP contribution >= 0.6 is 0 Å². The molecule has 0 amide bonds. The van der Waals surface area contributed by atoms with Crippen LogP contribution in [-0.4, -0.2) is 106 Å². The van der Waals surface area contributed by atoms with Crippen molar-refractivity contribution in [3.63, 3.8) is 0 Å². The third-order valence-electron chi connectivity index (χ3n) is 16.7. The van der Waals surface area contributed by atoms with Gasteiger partial charge in [-0.2, -0.15) is 0 Å². The van der Waals surface area contributed by atoms with Crippen LogP contribution in [0.2, 0.25) is 0 Å². The van der Waals surface area contributed by atoms with Crippen LogP contribution in [0.15, 0.2) is 133 Å². The quantitative estimate of drug-likeness (QED) is 0.135. The molecule has 2 aliphatic carbocycles. The van der Waals surface area contributed by atoms with Crippen molar-refractivity contribution in [3.05, 3.63) is 234 Å². The van der Waals surface area contributed by atoms with Crippen LogP contribution in [0, 0.1) is 11.8 Å². The van der Waals surface area contributed by atoms with Crippen molar-refractivity contribution in [3.8, 4) is 57.8 Å². The van der Waals surface area contributed by atoms with Crippen LogP contribution in [0.1, 0.15) is 100 Å². The molecule has 0 fully saturated rings. The first-order chi connectivity index (χ1) is 42.6. The molecule has 4 heterocycles. The summed E-state index contributed by atoms with van der Waals surface area (Å²) in [5, 5.41) is 0. The lowest BCUT2D eigenvalue weighted by Crippen LogP contribution is -2.17. The molecule has 0 aromatic heterocycles. The maximum Gasteiger partial charge on any atom is 0.126 e. The zero-order valence-corrected chi connectivity index (χ0v) is 48.6. The predicted molar refractivity (Wildman–Crippen MR) is 327 cm³/mol. The van der Waals surface area contributed by atoms with Gasteiger partial charge in [0.25, 0.3) is 0 Å². The van der Waals surface area contributed by atoms with Gasteiger partial charge in [-0.15, -0.1) is 0 Å². The van der Waals surface area contributed by atoms with E-state index in [1.54, 1.807) is 0 Å². The molecule has 86 heavy (non-hydrogen) atoms. The summed E-state index contributed by atoms with van der Waals surface area (Å²) in [5.74, 6) is 14.2. The van der Waals surface area contributed by atoms with E-state index in [0.29, 0.717) is 157 Å². The summed E-state index contributed by atoms with van der Waals surface area (Å²) in [6.45, 7) is 6.57. The molecule has 0 unspecified atom stereocenters. The molecule has 438 valence electrons. The van der Waals surface area contributed by atoms with E-state index >= 15 is 0 Å². The fourth-order valence-electron chi connectivity index (χ4n) is 13.0. The van der Waals surface area contributed by atoms with Crippen molar-refractivity contribution in [2.75, 3.05) is 106 Å². The summed E-state index contributed by atoms with van der Waals surface area (Å²) in [5.41, 5.74) is 18.4. The van der Waals surface area contributed by atoms with Gasteiger partial charge in [0.2, 0.25) is 0 Å². The monoisotopic (exact) mass is 1150 g/mol. The largest absolute Gasteiger partial charge is 0.491 e. The Morgan fingerprint density at radius 2 is 0.337 bits per heavy atom. The normalized spacial score (nSPS) is 16.9. The van der Waals surface area contributed by atoms with Crippen LogP contribution in [0.5, 0.6) is 46.0 Å². The average molecular weight is 1150 g/mol. The molecule has 14 rings (SSSR count). The van der Waals surface area contributed by atoms with E-state index in [2.05, 4.69) is 145 Å². The molecule has 6 aliphatic rings. The van der Waals surface area contributed by atoms with Gasteiger partial charge >= 0.3 is 0 Å². The summed E-state index contributed by atoms with van der Waals surface area (Å²) in [6.07, 6.45) is 4.53. The first-order valence-electron chi connectivity index (χ1n) is 30.4. The highest BCUT2D eigenvalue weighted by Crippen LogP contribution is 2.43. The third kappa shape index (κ3) is 12.3. The van der Waals surface area contributed by atoms with Crippen molar-refractivity contribution in [1.82, 2.24) is 0 Å². The second-order valence-corrected chi connectivity index (χ2v) is 22.6. The number of hydrogen-bond donors (Lipinski definition) is 0. The number of hydrogen-bond acceptors (Lipinski definition) is 12. The van der Waals surface area contributed by atoms with Gasteiger partial charge in [-0.3, -0.25) is 0 Å². The fourth-order valence-corrected chi connectivity index (χ4v) is 13.0. The molecular weight excluding hydrogens is 1080 g/mol. The summed E-state index contributed by atoms with van der Waals surface area (Å²) in [4.78, 5) is 0. The van der Waals surface area contributed by atoms with Gasteiger partial charge in [0.1, 0.15) is 98.9 Å². The lowest BCUT2D eigenvalue weighted by Gasteiger charge is -2.24. The molecule has 12 heteroatoms. The highest BCUT2D eigenvalue weighted by Gasteiger charge is 2.26. The van der Waals surface area contributed by atoms with Gasteiger partial charge in [-0.25, -0.2) is 0 Å². The van der Waals surface area contributed by atoms with E-state index in [1.165, 1.54) is 0 Å². The van der Waals surface area contributed by atoms with E-state index in [-0.39, 0.29) is 0 Å². The minimum atomic E-state index is 0.365. The number of rotatable bonds is 0. The van der Waals surface area contributed by atoms with Gasteiger partial charge in [0, 0.05) is 84.7 Å². The molecule has 24 bridgehead atoms. The maximum absolute atomic E-state index is 6.94. The van der Waals surface area contributed by atoms with Gasteiger partial charge in [0.15, 0.2) is 0 Å². The molecule has 12 nitrogen and oxygen atoms in total. The molecule has 8 aromatic carbocycles. The second kappa shape index (κ2) is 26.0. The lowest BCUT2D eigenvalue weighted by atomic mass is 9.90. The average Bonchev–Trinajstić information content (AvgIpc) is 1.98. The first-order valence-corrected chi connectivity index (χ1v) is 30.4. The Hall–Kier alpha value is -8.44. The number of para-hydroxylation sites is 6. The number of benzene rings is 8. The van der Waals surface area contributed by atoms with E-state index in [1.807, 2.05) is 0 Å². The maximum atomic E-state index is 6.94. The molecular formula is C74H70O12. The van der Waals surface area contributed by atoms with Crippen LogP contribution in [-0.2, 0) is 70.3 Å². The Labute approximate surface area is 503 Å². The Bertz CT molecular complexity index is 3600. The van der Waals surface area contributed by atoms with Gasteiger partial charge in [-0.05, 0) is 91.0 Å². The highest BCUT2D eigenvalue weighted by atomic mass is 16.6. The van der Waals surface area contributed by atoms with Crippen molar-refractivity contribution >= 4 is 0 Å². The minimum absolute atomic E-state index is 0.365. The molecule has 0 radical (unpaired) electrons. The van der Waals surface area contributed by atoms with Gasteiger partial charge < -0.3 is 56.8 Å². The summed E-state index contributed by atoms with van der Waals surface area (Å²) in [6, 6.07) is 47.6. The molecule has 0 saturated carbocycles. The number of ether oxygens (including phenoxy) is 12. The smallest absolute Gasteiger partial charge is 0.126 e. The predicted octanol–water partition coefficient (Wildman–Crippen LogP) is 11.6. The van der Waals surface area contributed by atoms with Crippen LogP contribution in [0.25, 0.3) is 0 Å². The Morgan fingerprint density at radius 1 is 0.186 bits per heavy atom. The molecule has 0 saturated heterocycles. The Kier molecular flexibility index (Phi) is 16.8. The third-order valence-corrected chi connectivity index (χ3v) is 16.7. The van der Waals surface area contributed by atoms with Crippen LogP contribution in [0.3, 0.4) is 0 Å². The SMILES string of the molecule is C(#Cc1cc2c3c(c1)Cc1cccc(c1OCCOCCO3)Cc1cccc3c1OCCOCCOc1c(cccc1C2)C3)c1cc2c3c(c1)Cc1cccc(c1OCCOCCO3)Cc1cccc3c1OCCOCCOc1c(cccc1C2)C3. The highest BCUT2D eigenvalue weighted by molar-refractivity contribution is 5.62. The summed E-state index contributed by atoms with van der Waals surface area (Å²) < 4.78 is 79.0. The van der Waals surface area contributed by atoms with E-state index < -0.39 is 0 Å². The molecule has 0 N–H and O–H groups in total. The van der Waals surface area contributed by atoms with E-state index in [0.717, 1.165) is 146 Å². The Balaban J connectivity index is 0.945. The molecule has 4 aliphatic heterocycles. The lowest BCUT2D eigenvalue weighted by molar-refractivity contribution is 0.0744. The van der Waals surface area contributed by atoms with E-state index in [9.17, 15) is 0 Å². The van der Waals surface area contributed by atoms with Crippen LogP contribution in [0.4, 0.5) is 0 Å². The molecule has 8 aromatic rings. The zero-order valence-electron chi connectivity index (χ0n) is 48.6. The summed E-state index contributed by atoms with van der Waals surface area (Å²) >= 11 is 0. The van der Waals surface area contributed by atoms with Crippen molar-refractivity contribution in [2.45, 2.75) is 51.4 Å². The Morgan fingerprint density at radius 3 is 0.512 bits per heavy atom. The zero-order chi connectivity index (χ0) is 57.4. The van der Waals surface area contributed by atoms with Crippen LogP contribution < -0.4 is 37.9 Å². The molecule has 0 atom stereocenters. The standard InChI is InChI=1S/C74H70O12/c1-7-51-41-55-11-3-15-59-45-63-37-49(39-65-47-61-17-5-13-57(71(61)83-33-25-77-27-35-85-73(63)65)43-53(9-1)67(51)79-29-21-75-23-31-81-69(55)59)19-20-50-38-64-46-60-16-4-12-56-42-52-8-2-10-54(68(52)80-30-22-76-24-32-82-70(56)60)44-58-14-6-18-62-48-66(40-50)74(64)86-36-28-78-26-34-84-72(58)62/h1-18,37-40H,21-36,41-48H2. The molecule has 0 spiro atoms. The minimum Gasteiger partial charge on any atom is -0.491 e. The summed E-state index contributed by atoms with van der Waals surface area (Å²) in [7, 11) is 0. The van der Waals surface area contributed by atoms with E-state index in [4.69, 9.17) is 56.8 Å². The van der Waals surface area contributed by atoms with Crippen molar-refractivity contribution in [1.29, 1.82) is 0 Å². The van der Waals surface area contributed by atoms with Crippen molar-refractivity contribution in [2.24, 2.45) is 0 Å². The topological polar surface area (TPSA) is 111 Å².